The predicted molar refractivity (Wildman–Crippen MR) is 83.4 cm³/mol. The van der Waals surface area contributed by atoms with Crippen LogP contribution < -0.4 is 4.74 Å². The number of hydrogen-bond acceptors (Lipinski definition) is 3. The number of aromatic nitrogens is 1. The van der Waals surface area contributed by atoms with E-state index in [2.05, 4.69) is 11.1 Å². The van der Waals surface area contributed by atoms with Gasteiger partial charge in [-0.15, -0.1) is 0 Å². The fourth-order valence-corrected chi connectivity index (χ4v) is 3.04. The fourth-order valence-electron chi connectivity index (χ4n) is 3.04. The Morgan fingerprint density at radius 3 is 3.00 bits per heavy atom. The number of H-pyrrole nitrogens is 1. The topological polar surface area (TPSA) is 62.3 Å². The van der Waals surface area contributed by atoms with Crippen LogP contribution in [-0.2, 0) is 6.42 Å². The first-order chi connectivity index (χ1) is 10.7. The summed E-state index contributed by atoms with van der Waals surface area (Å²) in [6.07, 6.45) is 2.58. The van der Waals surface area contributed by atoms with Crippen LogP contribution in [0.25, 0.3) is 10.9 Å². The molecule has 2 N–H and O–H groups in total. The Morgan fingerprint density at radius 2 is 2.09 bits per heavy atom. The van der Waals surface area contributed by atoms with Gasteiger partial charge in [-0.2, -0.15) is 0 Å². The zero-order chi connectivity index (χ0) is 15.1. The Kier molecular flexibility index (Phi) is 2.89. The largest absolute Gasteiger partial charge is 0.508 e. The van der Waals surface area contributed by atoms with Crippen molar-refractivity contribution in [3.05, 3.63) is 59.8 Å². The molecule has 0 spiro atoms. The lowest BCUT2D eigenvalue weighted by molar-refractivity contribution is 0.0830. The summed E-state index contributed by atoms with van der Waals surface area (Å²) in [5, 5.41) is 10.7. The summed E-state index contributed by atoms with van der Waals surface area (Å²) in [5.74, 6) is 0.442. The molecule has 0 saturated carbocycles. The number of carbonyl (C=O) groups is 1. The van der Waals surface area contributed by atoms with E-state index in [4.69, 9.17) is 4.74 Å². The second-order valence-electron chi connectivity index (χ2n) is 5.62. The molecule has 1 atom stereocenters. The molecule has 1 aromatic heterocycles. The number of fused-ring (bicyclic) bond motifs is 2. The van der Waals surface area contributed by atoms with E-state index >= 15 is 0 Å². The third-order valence-electron chi connectivity index (χ3n) is 4.18. The Labute approximate surface area is 127 Å². The molecule has 0 aliphatic carbocycles. The third kappa shape index (κ3) is 2.04. The average molecular weight is 293 g/mol. The van der Waals surface area contributed by atoms with Crippen molar-refractivity contribution in [1.82, 2.24) is 4.98 Å². The van der Waals surface area contributed by atoms with E-state index in [1.165, 1.54) is 12.1 Å². The molecule has 0 amide bonds. The van der Waals surface area contributed by atoms with Gasteiger partial charge in [-0.3, -0.25) is 4.79 Å². The van der Waals surface area contributed by atoms with Crippen molar-refractivity contribution >= 4 is 16.7 Å². The summed E-state index contributed by atoms with van der Waals surface area (Å²) in [6, 6.07) is 12.7. The van der Waals surface area contributed by atoms with Gasteiger partial charge in [0.25, 0.3) is 0 Å². The number of nitrogens with one attached hydrogen (secondary N) is 1. The highest BCUT2D eigenvalue weighted by Crippen LogP contribution is 2.32. The van der Waals surface area contributed by atoms with Gasteiger partial charge in [0.05, 0.1) is 18.1 Å². The number of Topliss-reactive ketones (excluding diaryl/α,β-unsaturated/α-hetero) is 1. The number of ketones is 1. The monoisotopic (exact) mass is 293 g/mol. The molecule has 4 nitrogen and oxygen atoms in total. The zero-order valence-electron chi connectivity index (χ0n) is 11.9. The van der Waals surface area contributed by atoms with Gasteiger partial charge < -0.3 is 14.8 Å². The average Bonchev–Trinajstić information content (AvgIpc) is 2.94. The molecule has 0 radical (unpaired) electrons. The molecule has 1 unspecified atom stereocenters. The molecule has 2 heterocycles. The van der Waals surface area contributed by atoms with E-state index in [9.17, 15) is 9.90 Å². The number of aromatic amines is 1. The van der Waals surface area contributed by atoms with E-state index in [0.29, 0.717) is 24.3 Å². The third-order valence-corrected chi connectivity index (χ3v) is 4.18. The van der Waals surface area contributed by atoms with Crippen molar-refractivity contribution in [2.45, 2.75) is 6.42 Å². The van der Waals surface area contributed by atoms with Gasteiger partial charge in [-0.05, 0) is 36.2 Å². The Morgan fingerprint density at radius 1 is 1.23 bits per heavy atom. The summed E-state index contributed by atoms with van der Waals surface area (Å²) in [4.78, 5) is 15.9. The predicted octanol–water partition coefficient (Wildman–Crippen LogP) is 3.31. The minimum atomic E-state index is -0.228. The highest BCUT2D eigenvalue weighted by atomic mass is 16.5. The summed E-state index contributed by atoms with van der Waals surface area (Å²) in [5.41, 5.74) is 2.65. The zero-order valence-corrected chi connectivity index (χ0v) is 11.9. The highest BCUT2D eigenvalue weighted by molar-refractivity contribution is 6.02. The molecule has 2 aromatic carbocycles. The molecule has 1 aliphatic rings. The highest BCUT2D eigenvalue weighted by Gasteiger charge is 2.29. The lowest BCUT2D eigenvalue weighted by Gasteiger charge is -2.24. The van der Waals surface area contributed by atoms with Gasteiger partial charge in [-0.1, -0.05) is 18.2 Å². The Balaban J connectivity index is 1.66. The standard InChI is InChI=1S/C18H15NO3/c20-13-5-6-17-15(8-13)18(21)12(10-22-17)7-11-9-19-16-4-2-1-3-14(11)16/h1-6,8-9,12,19-20H,7,10H2. The number of phenols is 1. The van der Waals surface area contributed by atoms with E-state index < -0.39 is 0 Å². The Bertz CT molecular complexity index is 866. The number of benzene rings is 2. The molecular formula is C18H15NO3. The van der Waals surface area contributed by atoms with Gasteiger partial charge in [-0.25, -0.2) is 0 Å². The Hall–Kier alpha value is -2.75. The summed E-state index contributed by atoms with van der Waals surface area (Å²) < 4.78 is 5.68. The van der Waals surface area contributed by atoms with Crippen molar-refractivity contribution < 1.29 is 14.6 Å². The first kappa shape index (κ1) is 13.0. The summed E-state index contributed by atoms with van der Waals surface area (Å²) in [7, 11) is 0. The number of rotatable bonds is 2. The molecular weight excluding hydrogens is 278 g/mol. The van der Waals surface area contributed by atoms with Crippen LogP contribution >= 0.6 is 0 Å². The quantitative estimate of drug-likeness (QED) is 0.762. The molecule has 0 bridgehead atoms. The molecule has 110 valence electrons. The van der Waals surface area contributed by atoms with Crippen molar-refractivity contribution in [1.29, 1.82) is 0 Å². The van der Waals surface area contributed by atoms with Crippen molar-refractivity contribution in [2.24, 2.45) is 5.92 Å². The van der Waals surface area contributed by atoms with Crippen LogP contribution in [0.2, 0.25) is 0 Å². The minimum absolute atomic E-state index is 0.0300. The maximum Gasteiger partial charge on any atom is 0.173 e. The fraction of sp³-hybridized carbons (Fsp3) is 0.167. The second kappa shape index (κ2) is 4.91. The lowest BCUT2D eigenvalue weighted by atomic mass is 9.89. The van der Waals surface area contributed by atoms with Gasteiger partial charge in [0.2, 0.25) is 0 Å². The molecule has 0 saturated heterocycles. The lowest BCUT2D eigenvalue weighted by Crippen LogP contribution is -2.29. The molecule has 22 heavy (non-hydrogen) atoms. The first-order valence-corrected chi connectivity index (χ1v) is 7.27. The molecule has 3 aromatic rings. The van der Waals surface area contributed by atoms with Crippen LogP contribution in [0.3, 0.4) is 0 Å². The second-order valence-corrected chi connectivity index (χ2v) is 5.62. The van der Waals surface area contributed by atoms with Crippen LogP contribution in [-0.4, -0.2) is 22.5 Å². The summed E-state index contributed by atoms with van der Waals surface area (Å²) in [6.45, 7) is 0.371. The normalized spacial score (nSPS) is 17.3. The van der Waals surface area contributed by atoms with E-state index in [1.54, 1.807) is 6.07 Å². The van der Waals surface area contributed by atoms with E-state index in [1.807, 2.05) is 24.4 Å². The smallest absolute Gasteiger partial charge is 0.173 e. The number of hydrogen-bond donors (Lipinski definition) is 2. The van der Waals surface area contributed by atoms with Gasteiger partial charge in [0.15, 0.2) is 5.78 Å². The number of aromatic hydroxyl groups is 1. The van der Waals surface area contributed by atoms with Crippen LogP contribution in [0.5, 0.6) is 11.5 Å². The van der Waals surface area contributed by atoms with Crippen molar-refractivity contribution in [3.8, 4) is 11.5 Å². The van der Waals surface area contributed by atoms with Crippen LogP contribution in [0.4, 0.5) is 0 Å². The van der Waals surface area contributed by atoms with Crippen molar-refractivity contribution in [2.75, 3.05) is 6.61 Å². The molecule has 1 aliphatic heterocycles. The number of phenolic OH excluding ortho intramolecular Hbond substituents is 1. The van der Waals surface area contributed by atoms with Crippen molar-refractivity contribution in [3.63, 3.8) is 0 Å². The summed E-state index contributed by atoms with van der Waals surface area (Å²) >= 11 is 0. The SMILES string of the molecule is O=C1c2cc(O)ccc2OCC1Cc1c[nH]c2ccccc12. The van der Waals surface area contributed by atoms with E-state index in [-0.39, 0.29) is 17.5 Å². The first-order valence-electron chi connectivity index (χ1n) is 7.27. The molecule has 4 heteroatoms. The molecule has 0 fully saturated rings. The van der Waals surface area contributed by atoms with Crippen LogP contribution in [0.1, 0.15) is 15.9 Å². The van der Waals surface area contributed by atoms with Crippen LogP contribution in [0.15, 0.2) is 48.7 Å². The van der Waals surface area contributed by atoms with Gasteiger partial charge in [0.1, 0.15) is 11.5 Å². The maximum atomic E-state index is 12.6. The maximum absolute atomic E-state index is 12.6. The van der Waals surface area contributed by atoms with Crippen LogP contribution in [0, 0.1) is 5.92 Å². The van der Waals surface area contributed by atoms with E-state index in [0.717, 1.165) is 16.5 Å². The number of ether oxygens (including phenoxy) is 1. The molecule has 4 rings (SSSR count). The minimum Gasteiger partial charge on any atom is -0.508 e. The van der Waals surface area contributed by atoms with Gasteiger partial charge >= 0.3 is 0 Å². The van der Waals surface area contributed by atoms with Gasteiger partial charge in [0, 0.05) is 17.1 Å². The number of para-hydroxylation sites is 1. The number of carbonyl (C=O) groups excluding carboxylic acids is 1.